The summed E-state index contributed by atoms with van der Waals surface area (Å²) in [5, 5.41) is 19.8. The third-order valence-corrected chi connectivity index (χ3v) is 5.36. The van der Waals surface area contributed by atoms with Crippen LogP contribution in [-0.4, -0.2) is 22.8 Å². The topological polar surface area (TPSA) is 66.8 Å². The van der Waals surface area contributed by atoms with Crippen molar-refractivity contribution in [1.29, 1.82) is 0 Å². The van der Waals surface area contributed by atoms with Gasteiger partial charge in [-0.2, -0.15) is 0 Å². The highest BCUT2D eigenvalue weighted by atomic mass is 16.7. The maximum Gasteiger partial charge on any atom is 0.308 e. The van der Waals surface area contributed by atoms with Gasteiger partial charge in [0.1, 0.15) is 6.61 Å². The lowest BCUT2D eigenvalue weighted by Gasteiger charge is -2.26. The molecule has 170 valence electrons. The molecule has 0 spiro atoms. The SMILES string of the molecule is CCCCCCCC/C=C\CCCCCCCC(=O)OC(O)(CO)c1ccccc1. The van der Waals surface area contributed by atoms with E-state index in [1.807, 2.05) is 0 Å². The lowest BCUT2D eigenvalue weighted by atomic mass is 10.1. The largest absolute Gasteiger partial charge is 0.426 e. The van der Waals surface area contributed by atoms with Crippen molar-refractivity contribution >= 4 is 5.97 Å². The highest BCUT2D eigenvalue weighted by Gasteiger charge is 2.32. The molecule has 0 saturated heterocycles. The van der Waals surface area contributed by atoms with Crippen molar-refractivity contribution in [3.05, 3.63) is 48.0 Å². The molecule has 0 aromatic heterocycles. The Kier molecular flexibility index (Phi) is 15.0. The average Bonchev–Trinajstić information content (AvgIpc) is 2.77. The molecule has 1 aromatic carbocycles. The minimum absolute atomic E-state index is 0.257. The van der Waals surface area contributed by atoms with Crippen molar-refractivity contribution in [2.24, 2.45) is 0 Å². The van der Waals surface area contributed by atoms with Gasteiger partial charge in [-0.1, -0.05) is 101 Å². The Morgan fingerprint density at radius 2 is 1.40 bits per heavy atom. The Morgan fingerprint density at radius 1 is 0.867 bits per heavy atom. The van der Waals surface area contributed by atoms with Gasteiger partial charge in [0.2, 0.25) is 0 Å². The molecule has 1 atom stereocenters. The van der Waals surface area contributed by atoms with Crippen LogP contribution in [0.1, 0.15) is 102 Å². The zero-order valence-electron chi connectivity index (χ0n) is 18.9. The van der Waals surface area contributed by atoms with Crippen LogP contribution in [0.15, 0.2) is 42.5 Å². The molecular weight excluding hydrogens is 376 g/mol. The summed E-state index contributed by atoms with van der Waals surface area (Å²) in [7, 11) is 0. The van der Waals surface area contributed by atoms with Crippen LogP contribution in [-0.2, 0) is 15.3 Å². The molecule has 30 heavy (non-hydrogen) atoms. The fourth-order valence-electron chi connectivity index (χ4n) is 3.46. The van der Waals surface area contributed by atoms with Crippen molar-refractivity contribution in [2.75, 3.05) is 6.61 Å². The number of benzene rings is 1. The summed E-state index contributed by atoms with van der Waals surface area (Å²) >= 11 is 0. The van der Waals surface area contributed by atoms with Gasteiger partial charge in [0.05, 0.1) is 0 Å². The molecule has 1 unspecified atom stereocenters. The lowest BCUT2D eigenvalue weighted by molar-refractivity contribution is -0.229. The molecule has 4 nitrogen and oxygen atoms in total. The first kappa shape index (κ1) is 26.4. The summed E-state index contributed by atoms with van der Waals surface area (Å²) in [6, 6.07) is 8.52. The number of carbonyl (C=O) groups is 1. The van der Waals surface area contributed by atoms with E-state index in [9.17, 15) is 15.0 Å². The molecule has 0 bridgehead atoms. The highest BCUT2D eigenvalue weighted by molar-refractivity contribution is 5.69. The monoisotopic (exact) mass is 418 g/mol. The second kappa shape index (κ2) is 17.1. The van der Waals surface area contributed by atoms with Gasteiger partial charge in [-0.25, -0.2) is 0 Å². The van der Waals surface area contributed by atoms with Crippen LogP contribution in [0.4, 0.5) is 0 Å². The molecule has 0 fully saturated rings. The van der Waals surface area contributed by atoms with Gasteiger partial charge in [0, 0.05) is 12.0 Å². The summed E-state index contributed by atoms with van der Waals surface area (Å²) in [6.45, 7) is 1.59. The van der Waals surface area contributed by atoms with Gasteiger partial charge in [0.15, 0.2) is 0 Å². The van der Waals surface area contributed by atoms with Crippen LogP contribution in [0, 0.1) is 0 Å². The minimum atomic E-state index is -1.96. The average molecular weight is 419 g/mol. The molecule has 0 heterocycles. The summed E-state index contributed by atoms with van der Waals surface area (Å²) in [5.74, 6) is -2.44. The quantitative estimate of drug-likeness (QED) is 0.125. The van der Waals surface area contributed by atoms with Gasteiger partial charge in [-0.15, -0.1) is 0 Å². The fraction of sp³-hybridized carbons (Fsp3) is 0.654. The first-order valence-electron chi connectivity index (χ1n) is 11.9. The van der Waals surface area contributed by atoms with Gasteiger partial charge in [0.25, 0.3) is 5.79 Å². The van der Waals surface area contributed by atoms with Crippen LogP contribution in [0.2, 0.25) is 0 Å². The number of allylic oxidation sites excluding steroid dienone is 2. The van der Waals surface area contributed by atoms with Crippen LogP contribution in [0.5, 0.6) is 0 Å². The third-order valence-electron chi connectivity index (χ3n) is 5.36. The number of unbranched alkanes of at least 4 members (excludes halogenated alkanes) is 11. The number of aliphatic hydroxyl groups excluding tert-OH is 1. The summed E-state index contributed by atoms with van der Waals surface area (Å²) in [5.41, 5.74) is 0.380. The standard InChI is InChI=1S/C26H42O4/c1-2-3-4-5-6-7-8-9-10-11-12-13-14-15-19-22-25(28)30-26(29,23-27)24-20-17-16-18-21-24/h9-10,16-18,20-21,27,29H,2-8,11-15,19,22-23H2,1H3/b10-9-. The van der Waals surface area contributed by atoms with Crippen molar-refractivity contribution in [1.82, 2.24) is 0 Å². The van der Waals surface area contributed by atoms with Gasteiger partial charge < -0.3 is 14.9 Å². The molecule has 0 amide bonds. The summed E-state index contributed by atoms with van der Waals surface area (Å²) in [6.07, 6.45) is 20.5. The molecule has 2 N–H and O–H groups in total. The van der Waals surface area contributed by atoms with E-state index in [0.29, 0.717) is 5.56 Å². The smallest absolute Gasteiger partial charge is 0.308 e. The fourth-order valence-corrected chi connectivity index (χ4v) is 3.46. The molecule has 0 aliphatic rings. The second-order valence-electron chi connectivity index (χ2n) is 8.12. The first-order valence-corrected chi connectivity index (χ1v) is 11.9. The maximum absolute atomic E-state index is 12.0. The number of carbonyl (C=O) groups excluding carboxylic acids is 1. The number of esters is 1. The number of ether oxygens (including phenoxy) is 1. The van der Waals surface area contributed by atoms with Crippen LogP contribution < -0.4 is 0 Å². The Labute approximate surface area is 183 Å². The Bertz CT molecular complexity index is 570. The highest BCUT2D eigenvalue weighted by Crippen LogP contribution is 2.23. The number of rotatable bonds is 18. The molecule has 0 radical (unpaired) electrons. The van der Waals surface area contributed by atoms with Crippen molar-refractivity contribution in [3.8, 4) is 0 Å². The van der Waals surface area contributed by atoms with Crippen LogP contribution >= 0.6 is 0 Å². The normalized spacial score (nSPS) is 13.4. The predicted molar refractivity (Wildman–Crippen MR) is 123 cm³/mol. The Balaban J connectivity index is 2.01. The summed E-state index contributed by atoms with van der Waals surface area (Å²) in [4.78, 5) is 12.0. The van der Waals surface area contributed by atoms with E-state index >= 15 is 0 Å². The van der Waals surface area contributed by atoms with Gasteiger partial charge >= 0.3 is 5.97 Å². The maximum atomic E-state index is 12.0. The van der Waals surface area contributed by atoms with Crippen molar-refractivity contribution in [3.63, 3.8) is 0 Å². The molecule has 0 saturated carbocycles. The van der Waals surface area contributed by atoms with E-state index in [-0.39, 0.29) is 6.42 Å². The molecular formula is C26H42O4. The lowest BCUT2D eigenvalue weighted by Crippen LogP contribution is -2.36. The number of hydrogen-bond donors (Lipinski definition) is 2. The van der Waals surface area contributed by atoms with E-state index in [1.54, 1.807) is 30.3 Å². The van der Waals surface area contributed by atoms with E-state index in [4.69, 9.17) is 4.74 Å². The predicted octanol–water partition coefficient (Wildman–Crippen LogP) is 6.40. The molecule has 0 aliphatic heterocycles. The molecule has 1 rings (SSSR count). The second-order valence-corrected chi connectivity index (χ2v) is 8.12. The molecule has 4 heteroatoms. The van der Waals surface area contributed by atoms with Crippen LogP contribution in [0.25, 0.3) is 0 Å². The molecule has 1 aromatic rings. The van der Waals surface area contributed by atoms with Gasteiger partial charge in [-0.3, -0.25) is 4.79 Å². The van der Waals surface area contributed by atoms with Crippen molar-refractivity contribution < 1.29 is 19.7 Å². The van der Waals surface area contributed by atoms with E-state index in [2.05, 4.69) is 19.1 Å². The Morgan fingerprint density at radius 3 is 1.97 bits per heavy atom. The molecule has 0 aliphatic carbocycles. The van der Waals surface area contributed by atoms with E-state index in [0.717, 1.165) is 25.7 Å². The van der Waals surface area contributed by atoms with Gasteiger partial charge in [-0.05, 0) is 32.1 Å². The van der Waals surface area contributed by atoms with E-state index in [1.165, 1.54) is 57.8 Å². The Hall–Kier alpha value is -1.65. The van der Waals surface area contributed by atoms with Crippen molar-refractivity contribution in [2.45, 2.75) is 103 Å². The first-order chi connectivity index (χ1) is 14.6. The van der Waals surface area contributed by atoms with Crippen LogP contribution in [0.3, 0.4) is 0 Å². The third kappa shape index (κ3) is 12.1. The summed E-state index contributed by atoms with van der Waals surface area (Å²) < 4.78 is 5.15. The zero-order chi connectivity index (χ0) is 21.9. The van der Waals surface area contributed by atoms with E-state index < -0.39 is 18.4 Å². The zero-order valence-corrected chi connectivity index (χ0v) is 18.9. The number of aliphatic hydroxyl groups is 2. The number of hydrogen-bond acceptors (Lipinski definition) is 4. The minimum Gasteiger partial charge on any atom is -0.426 e.